The molecule has 0 N–H and O–H groups in total. The van der Waals surface area contributed by atoms with E-state index in [9.17, 15) is 13.2 Å². The molecule has 1 heterocycles. The van der Waals surface area contributed by atoms with E-state index in [2.05, 4.69) is 6.58 Å². The van der Waals surface area contributed by atoms with E-state index in [1.807, 2.05) is 6.92 Å². The van der Waals surface area contributed by atoms with Gasteiger partial charge in [-0.3, -0.25) is 0 Å². The summed E-state index contributed by atoms with van der Waals surface area (Å²) in [6, 6.07) is 5.31. The molecular weight excluding hydrogens is 346 g/mol. The number of benzene rings is 1. The highest BCUT2D eigenvalue weighted by atomic mass is 32.2. The molecule has 1 saturated heterocycles. The van der Waals surface area contributed by atoms with Crippen LogP contribution < -0.4 is 0 Å². The highest BCUT2D eigenvalue weighted by Gasteiger charge is 2.51. The van der Waals surface area contributed by atoms with Gasteiger partial charge in [-0.1, -0.05) is 23.8 Å². The van der Waals surface area contributed by atoms with E-state index in [1.54, 1.807) is 26.0 Å². The number of rotatable bonds is 8. The zero-order chi connectivity index (χ0) is 18.6. The van der Waals surface area contributed by atoms with Gasteiger partial charge in [0.2, 0.25) is 0 Å². The lowest BCUT2D eigenvalue weighted by molar-refractivity contribution is -0.184. The van der Waals surface area contributed by atoms with Crippen LogP contribution in [0.4, 0.5) is 4.79 Å². The van der Waals surface area contributed by atoms with Crippen molar-refractivity contribution in [1.29, 1.82) is 0 Å². The second-order valence-corrected chi connectivity index (χ2v) is 7.28. The molecule has 25 heavy (non-hydrogen) atoms. The number of sulfonamides is 1. The van der Waals surface area contributed by atoms with Gasteiger partial charge in [0.05, 0.1) is 4.90 Å². The number of amides is 1. The first-order valence-corrected chi connectivity index (χ1v) is 9.48. The lowest BCUT2D eigenvalue weighted by atomic mass is 10.1. The number of aryl methyl sites for hydroxylation is 1. The Bertz CT molecular complexity index is 709. The number of hydrogen-bond donors (Lipinski definition) is 0. The molecule has 0 unspecified atom stereocenters. The molecule has 1 aromatic carbocycles. The summed E-state index contributed by atoms with van der Waals surface area (Å²) in [5.74, 6) is 0. The van der Waals surface area contributed by atoms with Crippen LogP contribution in [-0.4, -0.2) is 50.5 Å². The minimum Gasteiger partial charge on any atom is -0.437 e. The number of ether oxygens (including phenoxy) is 3. The molecule has 1 aliphatic rings. The Balaban J connectivity index is 2.38. The molecule has 0 spiro atoms. The molecule has 8 heteroatoms. The summed E-state index contributed by atoms with van der Waals surface area (Å²) in [6.45, 7) is 9.69. The normalized spacial score (nSPS) is 20.8. The molecule has 0 radical (unpaired) electrons. The monoisotopic (exact) mass is 369 g/mol. The summed E-state index contributed by atoms with van der Waals surface area (Å²) in [6.07, 6.45) is -1.42. The highest BCUT2D eigenvalue weighted by molar-refractivity contribution is 7.89. The number of cyclic esters (lactones) is 1. The van der Waals surface area contributed by atoms with Gasteiger partial charge in [0.25, 0.3) is 10.0 Å². The first kappa shape index (κ1) is 19.4. The van der Waals surface area contributed by atoms with Crippen molar-refractivity contribution >= 4 is 16.1 Å². The van der Waals surface area contributed by atoms with Crippen LogP contribution in [0, 0.1) is 6.92 Å². The Hall–Kier alpha value is -1.90. The molecule has 2 rings (SSSR count). The SMILES string of the molecule is C=C[C@@H]1[C@@H](C(OCC)OCC)OC(=O)N1S(=O)(=O)c1ccc(C)cc1. The van der Waals surface area contributed by atoms with Gasteiger partial charge in [-0.15, -0.1) is 6.58 Å². The van der Waals surface area contributed by atoms with Gasteiger partial charge in [-0.2, -0.15) is 4.31 Å². The predicted molar refractivity (Wildman–Crippen MR) is 91.5 cm³/mol. The van der Waals surface area contributed by atoms with Crippen molar-refractivity contribution in [3.8, 4) is 0 Å². The molecule has 0 aromatic heterocycles. The second-order valence-electron chi connectivity index (χ2n) is 5.47. The van der Waals surface area contributed by atoms with Gasteiger partial charge in [0, 0.05) is 13.2 Å². The topological polar surface area (TPSA) is 82.1 Å². The third-order valence-corrected chi connectivity index (χ3v) is 5.55. The fraction of sp³-hybridized carbons (Fsp3) is 0.471. The Morgan fingerprint density at radius 3 is 2.28 bits per heavy atom. The van der Waals surface area contributed by atoms with Crippen molar-refractivity contribution in [2.75, 3.05) is 13.2 Å². The zero-order valence-corrected chi connectivity index (χ0v) is 15.4. The molecule has 138 valence electrons. The maximum absolute atomic E-state index is 12.9. The van der Waals surface area contributed by atoms with E-state index < -0.39 is 34.6 Å². The minimum absolute atomic E-state index is 0.00641. The quantitative estimate of drug-likeness (QED) is 0.517. The average Bonchev–Trinajstić information content (AvgIpc) is 2.92. The predicted octanol–water partition coefficient (Wildman–Crippen LogP) is 2.46. The number of hydrogen-bond acceptors (Lipinski definition) is 6. The number of nitrogens with zero attached hydrogens (tertiary/aromatic N) is 1. The van der Waals surface area contributed by atoms with E-state index in [1.165, 1.54) is 18.2 Å². The van der Waals surface area contributed by atoms with Gasteiger partial charge >= 0.3 is 6.09 Å². The Labute approximate surface area is 148 Å². The van der Waals surface area contributed by atoms with Crippen LogP contribution in [0.25, 0.3) is 0 Å². The highest BCUT2D eigenvalue weighted by Crippen LogP contribution is 2.31. The average molecular weight is 369 g/mol. The molecule has 0 bridgehead atoms. The molecule has 1 amide bonds. The molecule has 7 nitrogen and oxygen atoms in total. The second kappa shape index (κ2) is 7.99. The summed E-state index contributed by atoms with van der Waals surface area (Å²) in [5.41, 5.74) is 0.911. The Kier molecular flexibility index (Phi) is 6.21. The van der Waals surface area contributed by atoms with E-state index in [0.29, 0.717) is 17.5 Å². The standard InChI is InChI=1S/C17H23NO6S/c1-5-14-15(16(22-6-2)23-7-3)24-17(19)18(14)25(20,21)13-10-8-12(4)9-11-13/h5,8-11,14-16H,1,6-7H2,2-4H3/t14-,15+/m1/s1. The van der Waals surface area contributed by atoms with Gasteiger partial charge in [-0.05, 0) is 32.9 Å². The lowest BCUT2D eigenvalue weighted by Gasteiger charge is -2.26. The van der Waals surface area contributed by atoms with Gasteiger partial charge < -0.3 is 14.2 Å². The largest absolute Gasteiger partial charge is 0.437 e. The van der Waals surface area contributed by atoms with Gasteiger partial charge in [0.15, 0.2) is 12.4 Å². The first-order chi connectivity index (χ1) is 11.9. The van der Waals surface area contributed by atoms with Crippen molar-refractivity contribution in [3.63, 3.8) is 0 Å². The molecule has 1 aliphatic heterocycles. The Morgan fingerprint density at radius 1 is 1.24 bits per heavy atom. The molecule has 0 aliphatic carbocycles. The first-order valence-electron chi connectivity index (χ1n) is 8.04. The Morgan fingerprint density at radius 2 is 1.80 bits per heavy atom. The van der Waals surface area contributed by atoms with Crippen molar-refractivity contribution in [3.05, 3.63) is 42.5 Å². The maximum atomic E-state index is 12.9. The van der Waals surface area contributed by atoms with Crippen molar-refractivity contribution < 1.29 is 27.4 Å². The minimum atomic E-state index is -4.09. The lowest BCUT2D eigenvalue weighted by Crippen LogP contribution is -2.44. The molecular formula is C17H23NO6S. The van der Waals surface area contributed by atoms with E-state index >= 15 is 0 Å². The van der Waals surface area contributed by atoms with Crippen molar-refractivity contribution in [2.24, 2.45) is 0 Å². The summed E-state index contributed by atoms with van der Waals surface area (Å²) in [4.78, 5) is 12.3. The third-order valence-electron chi connectivity index (χ3n) is 3.77. The van der Waals surface area contributed by atoms with E-state index in [0.717, 1.165) is 5.56 Å². The van der Waals surface area contributed by atoms with Crippen LogP contribution in [0.2, 0.25) is 0 Å². The van der Waals surface area contributed by atoms with Crippen LogP contribution in [0.15, 0.2) is 41.8 Å². The summed E-state index contributed by atoms with van der Waals surface area (Å²) >= 11 is 0. The van der Waals surface area contributed by atoms with Crippen molar-refractivity contribution in [2.45, 2.75) is 44.1 Å². The summed E-state index contributed by atoms with van der Waals surface area (Å²) in [5, 5.41) is 0. The van der Waals surface area contributed by atoms with Crippen LogP contribution in [0.3, 0.4) is 0 Å². The molecule has 2 atom stereocenters. The van der Waals surface area contributed by atoms with Gasteiger partial charge in [-0.25, -0.2) is 13.2 Å². The van der Waals surface area contributed by atoms with Crippen molar-refractivity contribution in [1.82, 2.24) is 4.31 Å². The van der Waals surface area contributed by atoms with E-state index in [4.69, 9.17) is 14.2 Å². The fourth-order valence-electron chi connectivity index (χ4n) is 2.59. The van der Waals surface area contributed by atoms with Crippen LogP contribution in [0.5, 0.6) is 0 Å². The number of carbonyl (C=O) groups is 1. The third kappa shape index (κ3) is 3.86. The molecule has 0 saturated carbocycles. The van der Waals surface area contributed by atoms with Crippen LogP contribution in [-0.2, 0) is 24.2 Å². The van der Waals surface area contributed by atoms with Crippen LogP contribution in [0.1, 0.15) is 19.4 Å². The molecule has 1 fully saturated rings. The fourth-order valence-corrected chi connectivity index (χ4v) is 4.06. The molecule has 1 aromatic rings. The summed E-state index contributed by atoms with van der Waals surface area (Å²) in [7, 11) is -4.09. The maximum Gasteiger partial charge on any atom is 0.425 e. The zero-order valence-electron chi connectivity index (χ0n) is 14.5. The van der Waals surface area contributed by atoms with Crippen LogP contribution >= 0.6 is 0 Å². The smallest absolute Gasteiger partial charge is 0.425 e. The van der Waals surface area contributed by atoms with E-state index in [-0.39, 0.29) is 4.90 Å². The number of carbonyl (C=O) groups excluding carboxylic acids is 1. The summed E-state index contributed by atoms with van der Waals surface area (Å²) < 4.78 is 42.7. The van der Waals surface area contributed by atoms with Gasteiger partial charge in [0.1, 0.15) is 6.04 Å².